The second-order valence-electron chi connectivity index (χ2n) is 6.01. The third-order valence-corrected chi connectivity index (χ3v) is 4.22. The average Bonchev–Trinajstić information content (AvgIpc) is 2.66. The summed E-state index contributed by atoms with van der Waals surface area (Å²) >= 11 is 0. The van der Waals surface area contributed by atoms with E-state index in [1.807, 2.05) is 13.0 Å². The number of unbranched alkanes of at least 4 members (excludes halogenated alkanes) is 1. The zero-order valence-electron chi connectivity index (χ0n) is 14.5. The molecule has 0 amide bonds. The molecule has 134 valence electrons. The van der Waals surface area contributed by atoms with E-state index < -0.39 is 17.5 Å². The molecule has 0 saturated heterocycles. The van der Waals surface area contributed by atoms with E-state index in [0.29, 0.717) is 10.9 Å². The molecule has 0 saturated carbocycles. The highest BCUT2D eigenvalue weighted by Crippen LogP contribution is 2.34. The van der Waals surface area contributed by atoms with Crippen molar-refractivity contribution < 1.29 is 19.1 Å². The Morgan fingerprint density at radius 2 is 1.81 bits per heavy atom. The van der Waals surface area contributed by atoms with Crippen molar-refractivity contribution in [2.45, 2.75) is 25.7 Å². The van der Waals surface area contributed by atoms with Crippen LogP contribution in [0, 0.1) is 0 Å². The lowest BCUT2D eigenvalue weighted by molar-refractivity contribution is -0.144. The van der Waals surface area contributed by atoms with Crippen LogP contribution in [-0.4, -0.2) is 17.7 Å². The van der Waals surface area contributed by atoms with Gasteiger partial charge in [-0.15, -0.1) is 0 Å². The first-order valence-electron chi connectivity index (χ1n) is 8.59. The SMILES string of the molecule is CCCCOC(=O)C(c1ccccc1)c1c(O)c2ccccc2oc1=O. The van der Waals surface area contributed by atoms with Crippen LogP contribution >= 0.6 is 0 Å². The van der Waals surface area contributed by atoms with E-state index in [1.54, 1.807) is 48.5 Å². The van der Waals surface area contributed by atoms with Crippen LogP contribution in [0.2, 0.25) is 0 Å². The van der Waals surface area contributed by atoms with Gasteiger partial charge in [-0.25, -0.2) is 4.79 Å². The van der Waals surface area contributed by atoms with Gasteiger partial charge in [-0.05, 0) is 24.1 Å². The van der Waals surface area contributed by atoms with Crippen LogP contribution < -0.4 is 5.63 Å². The number of rotatable bonds is 6. The van der Waals surface area contributed by atoms with Crippen molar-refractivity contribution in [3.8, 4) is 5.75 Å². The zero-order valence-corrected chi connectivity index (χ0v) is 14.5. The summed E-state index contributed by atoms with van der Waals surface area (Å²) in [6.45, 7) is 2.25. The van der Waals surface area contributed by atoms with Gasteiger partial charge in [0.2, 0.25) is 0 Å². The fraction of sp³-hybridized carbons (Fsp3) is 0.238. The van der Waals surface area contributed by atoms with E-state index in [0.717, 1.165) is 12.8 Å². The number of carbonyl (C=O) groups is 1. The largest absolute Gasteiger partial charge is 0.507 e. The maximum absolute atomic E-state index is 12.7. The summed E-state index contributed by atoms with van der Waals surface area (Å²) in [5.74, 6) is -1.88. The lowest BCUT2D eigenvalue weighted by atomic mass is 9.91. The van der Waals surface area contributed by atoms with Crippen molar-refractivity contribution in [3.63, 3.8) is 0 Å². The quantitative estimate of drug-likeness (QED) is 0.413. The summed E-state index contributed by atoms with van der Waals surface area (Å²) in [6.07, 6.45) is 1.61. The molecule has 1 heterocycles. The molecular weight excluding hydrogens is 332 g/mol. The predicted molar refractivity (Wildman–Crippen MR) is 98.3 cm³/mol. The second-order valence-corrected chi connectivity index (χ2v) is 6.01. The summed E-state index contributed by atoms with van der Waals surface area (Å²) in [7, 11) is 0. The molecule has 1 aromatic heterocycles. The molecule has 0 aliphatic heterocycles. The van der Waals surface area contributed by atoms with E-state index >= 15 is 0 Å². The minimum absolute atomic E-state index is 0.101. The minimum Gasteiger partial charge on any atom is -0.507 e. The number of ether oxygens (including phenoxy) is 1. The van der Waals surface area contributed by atoms with Gasteiger partial charge in [0.25, 0.3) is 0 Å². The Bertz CT molecular complexity index is 959. The Labute approximate surface area is 150 Å². The molecular formula is C21H20O5. The van der Waals surface area contributed by atoms with Gasteiger partial charge in [0.05, 0.1) is 17.6 Å². The number of hydrogen-bond donors (Lipinski definition) is 1. The van der Waals surface area contributed by atoms with Crippen LogP contribution in [-0.2, 0) is 9.53 Å². The van der Waals surface area contributed by atoms with Gasteiger partial charge >= 0.3 is 11.6 Å². The van der Waals surface area contributed by atoms with E-state index in [-0.39, 0.29) is 23.5 Å². The van der Waals surface area contributed by atoms with Gasteiger partial charge in [0.15, 0.2) is 0 Å². The van der Waals surface area contributed by atoms with Crippen LogP contribution in [0.1, 0.15) is 36.8 Å². The molecule has 3 rings (SSSR count). The van der Waals surface area contributed by atoms with E-state index in [2.05, 4.69) is 0 Å². The normalized spacial score (nSPS) is 12.0. The predicted octanol–water partition coefficient (Wildman–Crippen LogP) is 3.97. The number of para-hydroxylation sites is 1. The molecule has 5 heteroatoms. The maximum atomic E-state index is 12.7. The molecule has 0 fully saturated rings. The summed E-state index contributed by atoms with van der Waals surface area (Å²) in [5, 5.41) is 11.1. The summed E-state index contributed by atoms with van der Waals surface area (Å²) < 4.78 is 10.7. The van der Waals surface area contributed by atoms with Crippen molar-refractivity contribution in [2.24, 2.45) is 0 Å². The highest BCUT2D eigenvalue weighted by Gasteiger charge is 2.31. The number of fused-ring (bicyclic) bond motifs is 1. The zero-order chi connectivity index (χ0) is 18.5. The Balaban J connectivity index is 2.14. The fourth-order valence-electron chi connectivity index (χ4n) is 2.87. The van der Waals surface area contributed by atoms with Gasteiger partial charge in [-0.2, -0.15) is 0 Å². The molecule has 5 nitrogen and oxygen atoms in total. The number of hydrogen-bond acceptors (Lipinski definition) is 5. The van der Waals surface area contributed by atoms with Crippen molar-refractivity contribution in [1.29, 1.82) is 0 Å². The fourth-order valence-corrected chi connectivity index (χ4v) is 2.87. The summed E-state index contributed by atoms with van der Waals surface area (Å²) in [4.78, 5) is 25.3. The molecule has 0 radical (unpaired) electrons. The molecule has 1 atom stereocenters. The van der Waals surface area contributed by atoms with Crippen molar-refractivity contribution in [3.05, 3.63) is 76.1 Å². The number of benzene rings is 2. The number of esters is 1. The van der Waals surface area contributed by atoms with Gasteiger partial charge in [-0.1, -0.05) is 55.8 Å². The molecule has 3 aromatic rings. The Kier molecular flexibility index (Phi) is 5.37. The molecule has 1 unspecified atom stereocenters. The first-order valence-corrected chi connectivity index (χ1v) is 8.59. The third-order valence-electron chi connectivity index (χ3n) is 4.22. The van der Waals surface area contributed by atoms with Gasteiger partial charge in [0.1, 0.15) is 17.3 Å². The number of carbonyl (C=O) groups excluding carboxylic acids is 1. The topological polar surface area (TPSA) is 76.7 Å². The van der Waals surface area contributed by atoms with Crippen LogP contribution in [0.5, 0.6) is 5.75 Å². The Morgan fingerprint density at radius 3 is 2.54 bits per heavy atom. The van der Waals surface area contributed by atoms with Crippen LogP contribution in [0.4, 0.5) is 0 Å². The molecule has 2 aromatic carbocycles. The van der Waals surface area contributed by atoms with Crippen LogP contribution in [0.3, 0.4) is 0 Å². The van der Waals surface area contributed by atoms with E-state index in [4.69, 9.17) is 9.15 Å². The second kappa shape index (κ2) is 7.87. The lowest BCUT2D eigenvalue weighted by Crippen LogP contribution is -2.23. The summed E-state index contributed by atoms with van der Waals surface area (Å²) in [6, 6.07) is 15.5. The average molecular weight is 352 g/mol. The first kappa shape index (κ1) is 17.7. The smallest absolute Gasteiger partial charge is 0.344 e. The highest BCUT2D eigenvalue weighted by molar-refractivity contribution is 5.89. The van der Waals surface area contributed by atoms with Gasteiger partial charge < -0.3 is 14.3 Å². The standard InChI is InChI=1S/C21H20O5/c1-2-3-13-25-20(23)17(14-9-5-4-6-10-14)18-19(22)15-11-7-8-12-16(15)26-21(18)24/h4-12,17,22H,2-3,13H2,1H3. The molecule has 0 aliphatic carbocycles. The van der Waals surface area contributed by atoms with Crippen molar-refractivity contribution in [2.75, 3.05) is 6.61 Å². The monoisotopic (exact) mass is 352 g/mol. The molecule has 1 N–H and O–H groups in total. The lowest BCUT2D eigenvalue weighted by Gasteiger charge is -2.17. The van der Waals surface area contributed by atoms with E-state index in [9.17, 15) is 14.7 Å². The third kappa shape index (κ3) is 3.47. The highest BCUT2D eigenvalue weighted by atomic mass is 16.5. The molecule has 26 heavy (non-hydrogen) atoms. The van der Waals surface area contributed by atoms with Gasteiger partial charge in [0, 0.05) is 0 Å². The molecule has 0 spiro atoms. The molecule has 0 aliphatic rings. The van der Waals surface area contributed by atoms with Crippen molar-refractivity contribution >= 4 is 16.9 Å². The van der Waals surface area contributed by atoms with Crippen molar-refractivity contribution in [1.82, 2.24) is 0 Å². The maximum Gasteiger partial charge on any atom is 0.344 e. The summed E-state index contributed by atoms with van der Waals surface area (Å²) in [5.41, 5.74) is -0.0179. The van der Waals surface area contributed by atoms with Crippen LogP contribution in [0.15, 0.2) is 63.8 Å². The van der Waals surface area contributed by atoms with Gasteiger partial charge in [-0.3, -0.25) is 4.79 Å². The molecule has 0 bridgehead atoms. The minimum atomic E-state index is -1.05. The van der Waals surface area contributed by atoms with Crippen LogP contribution in [0.25, 0.3) is 11.0 Å². The number of aromatic hydroxyl groups is 1. The van der Waals surface area contributed by atoms with E-state index in [1.165, 1.54) is 0 Å². The first-order chi connectivity index (χ1) is 12.6. The Morgan fingerprint density at radius 1 is 1.12 bits per heavy atom. The Hall–Kier alpha value is -3.08.